The predicted molar refractivity (Wildman–Crippen MR) is 86.6 cm³/mol. The lowest BCUT2D eigenvalue weighted by Crippen LogP contribution is -2.41. The van der Waals surface area contributed by atoms with Gasteiger partial charge in [-0.05, 0) is 58.3 Å². The second-order valence-electron chi connectivity index (χ2n) is 6.67. The molecule has 0 aromatic heterocycles. The van der Waals surface area contributed by atoms with Crippen LogP contribution in [0.1, 0.15) is 44.0 Å². The Kier molecular flexibility index (Phi) is 4.43. The maximum atomic E-state index is 12.5. The molecule has 1 fully saturated rings. The number of benzene rings is 1. The number of amides is 1. The summed E-state index contributed by atoms with van der Waals surface area (Å²) in [6.07, 6.45) is 2.18. The number of carbonyl (C=O) groups is 1. The minimum Gasteiger partial charge on any atom is -0.398 e. The predicted octanol–water partition coefficient (Wildman–Crippen LogP) is 3.93. The third-order valence-corrected chi connectivity index (χ3v) is 4.94. The highest BCUT2D eigenvalue weighted by Crippen LogP contribution is 2.34. The van der Waals surface area contributed by atoms with Gasteiger partial charge in [-0.15, -0.1) is 0 Å². The first-order chi connectivity index (χ1) is 9.29. The van der Waals surface area contributed by atoms with E-state index >= 15 is 0 Å². The van der Waals surface area contributed by atoms with E-state index in [-0.39, 0.29) is 5.91 Å². The van der Waals surface area contributed by atoms with Crippen molar-refractivity contribution >= 4 is 27.5 Å². The number of hydrogen-bond acceptors (Lipinski definition) is 2. The van der Waals surface area contributed by atoms with E-state index in [1.165, 1.54) is 0 Å². The molecule has 1 aliphatic heterocycles. The fourth-order valence-electron chi connectivity index (χ4n) is 2.79. The molecule has 1 heterocycles. The average Bonchev–Trinajstić information content (AvgIpc) is 2.40. The van der Waals surface area contributed by atoms with Crippen LogP contribution in [-0.4, -0.2) is 23.9 Å². The fraction of sp³-hybridized carbons (Fsp3) is 0.562. The minimum absolute atomic E-state index is 0.109. The van der Waals surface area contributed by atoms with Gasteiger partial charge in [-0.3, -0.25) is 4.79 Å². The lowest BCUT2D eigenvalue weighted by molar-refractivity contribution is 0.0608. The van der Waals surface area contributed by atoms with E-state index in [0.29, 0.717) is 22.6 Å². The van der Waals surface area contributed by atoms with Gasteiger partial charge < -0.3 is 10.6 Å². The first kappa shape index (κ1) is 15.4. The number of hydrogen-bond donors (Lipinski definition) is 1. The molecule has 1 aromatic rings. The normalized spacial score (nSPS) is 17.3. The van der Waals surface area contributed by atoms with Crippen LogP contribution in [-0.2, 0) is 0 Å². The maximum absolute atomic E-state index is 12.5. The van der Waals surface area contributed by atoms with Gasteiger partial charge >= 0.3 is 0 Å². The Morgan fingerprint density at radius 3 is 2.40 bits per heavy atom. The molecule has 0 atom stereocenters. The number of nitrogens with two attached hydrogens (primary N) is 1. The van der Waals surface area contributed by atoms with Crippen LogP contribution in [0, 0.1) is 11.3 Å². The van der Waals surface area contributed by atoms with Crippen molar-refractivity contribution < 1.29 is 4.79 Å². The Hall–Kier alpha value is -1.03. The molecule has 20 heavy (non-hydrogen) atoms. The van der Waals surface area contributed by atoms with Gasteiger partial charge in [0.2, 0.25) is 0 Å². The van der Waals surface area contributed by atoms with E-state index in [4.69, 9.17) is 5.73 Å². The SMILES string of the molecule is CC(C)(C)C1CCN(C(=O)c2ccc(N)c(Br)c2)CC1. The third kappa shape index (κ3) is 3.35. The third-order valence-electron chi connectivity index (χ3n) is 4.25. The molecule has 1 amide bonds. The van der Waals surface area contributed by atoms with Gasteiger partial charge in [-0.1, -0.05) is 20.8 Å². The summed E-state index contributed by atoms with van der Waals surface area (Å²) in [6, 6.07) is 5.39. The van der Waals surface area contributed by atoms with Crippen LogP contribution in [0.25, 0.3) is 0 Å². The van der Waals surface area contributed by atoms with Crippen molar-refractivity contribution in [2.45, 2.75) is 33.6 Å². The summed E-state index contributed by atoms with van der Waals surface area (Å²) in [7, 11) is 0. The zero-order chi connectivity index (χ0) is 14.9. The standard InChI is InChI=1S/C16H23BrN2O/c1-16(2,3)12-6-8-19(9-7-12)15(20)11-4-5-14(18)13(17)10-11/h4-5,10,12H,6-9,18H2,1-3H3. The molecular formula is C16H23BrN2O. The Morgan fingerprint density at radius 1 is 1.30 bits per heavy atom. The number of rotatable bonds is 1. The van der Waals surface area contributed by atoms with E-state index in [2.05, 4.69) is 36.7 Å². The van der Waals surface area contributed by atoms with Crippen LogP contribution < -0.4 is 5.73 Å². The maximum Gasteiger partial charge on any atom is 0.253 e. The Bertz CT molecular complexity index is 500. The second-order valence-corrected chi connectivity index (χ2v) is 7.52. The van der Waals surface area contributed by atoms with Gasteiger partial charge in [0.15, 0.2) is 0 Å². The van der Waals surface area contributed by atoms with Gasteiger partial charge in [-0.2, -0.15) is 0 Å². The lowest BCUT2D eigenvalue weighted by Gasteiger charge is -2.38. The van der Waals surface area contributed by atoms with Crippen molar-refractivity contribution in [2.24, 2.45) is 11.3 Å². The van der Waals surface area contributed by atoms with Crippen molar-refractivity contribution in [3.05, 3.63) is 28.2 Å². The topological polar surface area (TPSA) is 46.3 Å². The quantitative estimate of drug-likeness (QED) is 0.788. The molecule has 4 heteroatoms. The Balaban J connectivity index is 2.03. The van der Waals surface area contributed by atoms with Crippen LogP contribution in [0.3, 0.4) is 0 Å². The first-order valence-corrected chi connectivity index (χ1v) is 7.92. The number of carbonyl (C=O) groups excluding carboxylic acids is 1. The lowest BCUT2D eigenvalue weighted by atomic mass is 9.75. The number of nitrogens with zero attached hydrogens (tertiary/aromatic N) is 1. The summed E-state index contributed by atoms with van der Waals surface area (Å²) in [5, 5.41) is 0. The Morgan fingerprint density at radius 2 is 1.90 bits per heavy atom. The van der Waals surface area contributed by atoms with E-state index < -0.39 is 0 Å². The zero-order valence-corrected chi connectivity index (χ0v) is 14.0. The van der Waals surface area contributed by atoms with Crippen molar-refractivity contribution in [1.29, 1.82) is 0 Å². The molecule has 0 radical (unpaired) electrons. The molecule has 0 spiro atoms. The average molecular weight is 339 g/mol. The van der Waals surface area contributed by atoms with Crippen LogP contribution in [0.15, 0.2) is 22.7 Å². The number of piperidine rings is 1. The number of nitrogen functional groups attached to an aromatic ring is 1. The van der Waals surface area contributed by atoms with Crippen LogP contribution in [0.2, 0.25) is 0 Å². The molecule has 0 aliphatic carbocycles. The molecule has 1 aromatic carbocycles. The molecular weight excluding hydrogens is 316 g/mol. The summed E-state index contributed by atoms with van der Waals surface area (Å²) in [5.41, 5.74) is 7.46. The highest BCUT2D eigenvalue weighted by atomic mass is 79.9. The molecule has 2 N–H and O–H groups in total. The van der Waals surface area contributed by atoms with Crippen molar-refractivity contribution in [3.8, 4) is 0 Å². The van der Waals surface area contributed by atoms with Gasteiger partial charge in [0.1, 0.15) is 0 Å². The van der Waals surface area contributed by atoms with Gasteiger partial charge in [0, 0.05) is 28.8 Å². The van der Waals surface area contributed by atoms with Crippen molar-refractivity contribution in [2.75, 3.05) is 18.8 Å². The smallest absolute Gasteiger partial charge is 0.253 e. The summed E-state index contributed by atoms with van der Waals surface area (Å²) < 4.78 is 0.785. The first-order valence-electron chi connectivity index (χ1n) is 7.13. The monoisotopic (exact) mass is 338 g/mol. The fourth-order valence-corrected chi connectivity index (χ4v) is 3.17. The second kappa shape index (κ2) is 5.76. The minimum atomic E-state index is 0.109. The number of halogens is 1. The molecule has 110 valence electrons. The Labute approximate surface area is 129 Å². The van der Waals surface area contributed by atoms with Gasteiger partial charge in [0.05, 0.1) is 0 Å². The molecule has 2 rings (SSSR count). The van der Waals surface area contributed by atoms with Gasteiger partial charge in [0.25, 0.3) is 5.91 Å². The molecule has 0 unspecified atom stereocenters. The van der Waals surface area contributed by atoms with Crippen LogP contribution in [0.5, 0.6) is 0 Å². The van der Waals surface area contributed by atoms with E-state index in [1.807, 2.05) is 11.0 Å². The summed E-state index contributed by atoms with van der Waals surface area (Å²) in [6.45, 7) is 8.55. The van der Waals surface area contributed by atoms with Crippen LogP contribution >= 0.6 is 15.9 Å². The molecule has 3 nitrogen and oxygen atoms in total. The molecule has 1 saturated heterocycles. The summed E-state index contributed by atoms with van der Waals surface area (Å²) >= 11 is 3.38. The summed E-state index contributed by atoms with van der Waals surface area (Å²) in [4.78, 5) is 14.4. The van der Waals surface area contributed by atoms with Crippen molar-refractivity contribution in [1.82, 2.24) is 4.90 Å². The van der Waals surface area contributed by atoms with Crippen molar-refractivity contribution in [3.63, 3.8) is 0 Å². The summed E-state index contributed by atoms with van der Waals surface area (Å²) in [5.74, 6) is 0.808. The zero-order valence-electron chi connectivity index (χ0n) is 12.4. The van der Waals surface area contributed by atoms with E-state index in [0.717, 1.165) is 30.4 Å². The van der Waals surface area contributed by atoms with E-state index in [1.54, 1.807) is 12.1 Å². The number of likely N-dealkylation sites (tertiary alicyclic amines) is 1. The molecule has 0 saturated carbocycles. The molecule has 1 aliphatic rings. The number of anilines is 1. The highest BCUT2D eigenvalue weighted by Gasteiger charge is 2.30. The van der Waals surface area contributed by atoms with Crippen LogP contribution in [0.4, 0.5) is 5.69 Å². The van der Waals surface area contributed by atoms with E-state index in [9.17, 15) is 4.79 Å². The largest absolute Gasteiger partial charge is 0.398 e. The van der Waals surface area contributed by atoms with Gasteiger partial charge in [-0.25, -0.2) is 0 Å². The highest BCUT2D eigenvalue weighted by molar-refractivity contribution is 9.10. The molecule has 0 bridgehead atoms.